The van der Waals surface area contributed by atoms with Crippen LogP contribution in [0.2, 0.25) is 0 Å². The van der Waals surface area contributed by atoms with E-state index >= 15 is 0 Å². The van der Waals surface area contributed by atoms with Gasteiger partial charge in [-0.05, 0) is 0 Å². The lowest BCUT2D eigenvalue weighted by Gasteiger charge is -2.27. The smallest absolute Gasteiger partial charge is 0.295 e. The number of amides is 1. The molecule has 5 N–H and O–H groups in total. The van der Waals surface area contributed by atoms with Crippen molar-refractivity contribution in [2.75, 3.05) is 11.6 Å². The highest BCUT2D eigenvalue weighted by atomic mass is 19.1. The summed E-state index contributed by atoms with van der Waals surface area (Å²) in [5.41, 5.74) is 6.33. The molecule has 0 unspecified atom stereocenters. The Morgan fingerprint density at radius 3 is 2.74 bits per heavy atom. The highest BCUT2D eigenvalue weighted by Crippen LogP contribution is 2.29. The van der Waals surface area contributed by atoms with E-state index in [-0.39, 0.29) is 35.4 Å². The lowest BCUT2D eigenvalue weighted by atomic mass is 10.1. The predicted octanol–water partition coefficient (Wildman–Crippen LogP) is 1.30. The Hall–Kier alpha value is -4.58. The van der Waals surface area contributed by atoms with E-state index in [4.69, 9.17) is 11.6 Å². The number of halogens is 1. The SMILES string of the molecule is N/C=C\N(N)c1ncc(F)c2c(C(=O)C(=O)N3CCn4c(nnc4-c4ccccc4)C3)c[nH]c12. The Bertz CT molecular complexity index is 1430. The van der Waals surface area contributed by atoms with E-state index in [1.165, 1.54) is 23.5 Å². The zero-order valence-corrected chi connectivity index (χ0v) is 17.8. The van der Waals surface area contributed by atoms with Crippen LogP contribution in [0.3, 0.4) is 0 Å². The van der Waals surface area contributed by atoms with Gasteiger partial charge in [-0.1, -0.05) is 30.3 Å². The molecule has 3 aromatic heterocycles. The number of ketones is 1. The van der Waals surface area contributed by atoms with E-state index in [0.717, 1.165) is 16.8 Å². The fourth-order valence-electron chi connectivity index (χ4n) is 4.02. The number of carbonyl (C=O) groups is 2. The normalized spacial score (nSPS) is 13.4. The number of Topliss-reactive ketones (excluding diaryl/α,β-unsaturated/α-hetero) is 1. The number of nitrogens with zero attached hydrogens (tertiary/aromatic N) is 6. The monoisotopic (exact) mass is 461 g/mol. The molecule has 34 heavy (non-hydrogen) atoms. The number of rotatable bonds is 5. The molecule has 0 saturated carbocycles. The number of benzene rings is 1. The first-order valence-electron chi connectivity index (χ1n) is 10.4. The molecule has 1 aliphatic rings. The third-order valence-electron chi connectivity index (χ3n) is 5.65. The van der Waals surface area contributed by atoms with Crippen LogP contribution in [0.25, 0.3) is 22.3 Å². The maximum atomic E-state index is 14.7. The molecule has 1 amide bonds. The summed E-state index contributed by atoms with van der Waals surface area (Å²) in [6.07, 6.45) is 4.72. The number of nitrogens with one attached hydrogen (secondary N) is 1. The van der Waals surface area contributed by atoms with Crippen LogP contribution in [0.1, 0.15) is 16.2 Å². The van der Waals surface area contributed by atoms with Gasteiger partial charge in [0.15, 0.2) is 23.3 Å². The second-order valence-corrected chi connectivity index (χ2v) is 7.64. The number of carbonyl (C=O) groups excluding carboxylic acids is 2. The first-order valence-corrected chi connectivity index (χ1v) is 10.4. The number of nitrogens with two attached hydrogens (primary N) is 2. The van der Waals surface area contributed by atoms with Gasteiger partial charge >= 0.3 is 0 Å². The molecule has 0 atom stereocenters. The van der Waals surface area contributed by atoms with Crippen molar-refractivity contribution in [3.63, 3.8) is 0 Å². The Balaban J connectivity index is 1.42. The van der Waals surface area contributed by atoms with Crippen LogP contribution in [0.15, 0.2) is 55.1 Å². The van der Waals surface area contributed by atoms with Gasteiger partial charge in [0, 0.05) is 37.2 Å². The number of hydrazine groups is 1. The van der Waals surface area contributed by atoms with Crippen LogP contribution in [-0.4, -0.2) is 47.9 Å². The molecule has 0 aliphatic carbocycles. The second kappa shape index (κ2) is 8.41. The largest absolute Gasteiger partial charge is 0.403 e. The van der Waals surface area contributed by atoms with Crippen LogP contribution in [0.5, 0.6) is 0 Å². The summed E-state index contributed by atoms with van der Waals surface area (Å²) in [4.78, 5) is 34.3. The van der Waals surface area contributed by atoms with Crippen LogP contribution in [-0.2, 0) is 17.9 Å². The Kier molecular flexibility index (Phi) is 5.26. The molecular formula is C22H20FN9O2. The lowest BCUT2D eigenvalue weighted by Crippen LogP contribution is -2.42. The average Bonchev–Trinajstić information content (AvgIpc) is 3.49. The minimum absolute atomic E-state index is 0.0734. The van der Waals surface area contributed by atoms with Crippen molar-refractivity contribution in [2.24, 2.45) is 11.6 Å². The maximum absolute atomic E-state index is 14.7. The third-order valence-corrected chi connectivity index (χ3v) is 5.65. The van der Waals surface area contributed by atoms with Gasteiger partial charge in [0.1, 0.15) is 0 Å². The molecule has 12 heteroatoms. The quantitative estimate of drug-likeness (QED) is 0.174. The summed E-state index contributed by atoms with van der Waals surface area (Å²) < 4.78 is 16.6. The van der Waals surface area contributed by atoms with Gasteiger partial charge in [-0.3, -0.25) is 14.6 Å². The zero-order chi connectivity index (χ0) is 23.8. The highest BCUT2D eigenvalue weighted by molar-refractivity contribution is 6.45. The van der Waals surface area contributed by atoms with Gasteiger partial charge in [0.2, 0.25) is 0 Å². The molecule has 4 aromatic rings. The van der Waals surface area contributed by atoms with E-state index in [1.54, 1.807) is 0 Å². The average molecular weight is 461 g/mol. The number of aromatic nitrogens is 5. The van der Waals surface area contributed by atoms with Crippen molar-refractivity contribution >= 4 is 28.4 Å². The second-order valence-electron chi connectivity index (χ2n) is 7.64. The van der Waals surface area contributed by atoms with Gasteiger partial charge in [-0.2, -0.15) is 0 Å². The Morgan fingerprint density at radius 1 is 1.18 bits per heavy atom. The molecule has 0 radical (unpaired) electrons. The predicted molar refractivity (Wildman–Crippen MR) is 121 cm³/mol. The lowest BCUT2D eigenvalue weighted by molar-refractivity contribution is -0.127. The van der Waals surface area contributed by atoms with E-state index in [2.05, 4.69) is 20.2 Å². The number of hydrogen-bond acceptors (Lipinski definition) is 8. The molecule has 0 fully saturated rings. The minimum atomic E-state index is -0.850. The maximum Gasteiger partial charge on any atom is 0.295 e. The summed E-state index contributed by atoms with van der Waals surface area (Å²) in [5.74, 6) is 4.90. The first kappa shape index (κ1) is 21.3. The van der Waals surface area contributed by atoms with Crippen molar-refractivity contribution in [3.05, 3.63) is 72.3 Å². The Morgan fingerprint density at radius 2 is 1.97 bits per heavy atom. The van der Waals surface area contributed by atoms with Gasteiger partial charge in [0.05, 0.1) is 29.2 Å². The summed E-state index contributed by atoms with van der Waals surface area (Å²) in [7, 11) is 0. The third kappa shape index (κ3) is 3.46. The molecular weight excluding hydrogens is 441 g/mol. The van der Waals surface area contributed by atoms with Gasteiger partial charge in [0.25, 0.3) is 11.7 Å². The van der Waals surface area contributed by atoms with Gasteiger partial charge in [-0.15, -0.1) is 10.2 Å². The topological polar surface area (TPSA) is 152 Å². The van der Waals surface area contributed by atoms with Crippen molar-refractivity contribution in [1.82, 2.24) is 29.6 Å². The molecule has 5 rings (SSSR count). The van der Waals surface area contributed by atoms with Crippen molar-refractivity contribution < 1.29 is 14.0 Å². The van der Waals surface area contributed by atoms with Crippen LogP contribution >= 0.6 is 0 Å². The van der Waals surface area contributed by atoms with E-state index in [9.17, 15) is 14.0 Å². The van der Waals surface area contributed by atoms with Gasteiger partial charge in [-0.25, -0.2) is 15.2 Å². The first-order chi connectivity index (χ1) is 16.5. The molecule has 4 heterocycles. The van der Waals surface area contributed by atoms with Crippen LogP contribution < -0.4 is 16.6 Å². The fraction of sp³-hybridized carbons (Fsp3) is 0.136. The molecule has 0 saturated heterocycles. The summed E-state index contributed by atoms with van der Waals surface area (Å²) in [5, 5.41) is 9.45. The van der Waals surface area contributed by atoms with Crippen LogP contribution in [0.4, 0.5) is 10.2 Å². The standard InChI is InChI=1S/C22H20FN9O2/c23-15-11-27-21(32(25)7-6-24)18-17(15)14(10-26-18)19(33)22(34)30-8-9-31-16(12-30)28-29-20(31)13-4-2-1-3-5-13/h1-7,10-11,26H,8-9,12,24-25H2/b7-6-. The molecule has 11 nitrogen and oxygen atoms in total. The molecule has 0 bridgehead atoms. The van der Waals surface area contributed by atoms with E-state index < -0.39 is 17.5 Å². The van der Waals surface area contributed by atoms with Gasteiger partial charge < -0.3 is 20.2 Å². The number of pyridine rings is 1. The van der Waals surface area contributed by atoms with Crippen molar-refractivity contribution in [2.45, 2.75) is 13.1 Å². The number of anilines is 1. The highest BCUT2D eigenvalue weighted by Gasteiger charge is 2.31. The fourth-order valence-corrected chi connectivity index (χ4v) is 4.02. The molecule has 1 aliphatic heterocycles. The number of hydrogen-bond donors (Lipinski definition) is 3. The number of H-pyrrole nitrogens is 1. The van der Waals surface area contributed by atoms with E-state index in [0.29, 0.717) is 18.2 Å². The summed E-state index contributed by atoms with van der Waals surface area (Å²) in [6.45, 7) is 0.820. The number of aromatic amines is 1. The summed E-state index contributed by atoms with van der Waals surface area (Å²) >= 11 is 0. The summed E-state index contributed by atoms with van der Waals surface area (Å²) in [6, 6.07) is 9.59. The van der Waals surface area contributed by atoms with E-state index in [1.807, 2.05) is 34.9 Å². The van der Waals surface area contributed by atoms with Crippen molar-refractivity contribution in [1.29, 1.82) is 0 Å². The molecule has 0 spiro atoms. The zero-order valence-electron chi connectivity index (χ0n) is 17.8. The van der Waals surface area contributed by atoms with Crippen LogP contribution in [0, 0.1) is 5.82 Å². The minimum Gasteiger partial charge on any atom is -0.403 e. The molecule has 172 valence electrons. The van der Waals surface area contributed by atoms with Crippen molar-refractivity contribution in [3.8, 4) is 11.4 Å². The Labute approximate surface area is 192 Å². The molecule has 1 aromatic carbocycles. The number of fused-ring (bicyclic) bond motifs is 2.